The Bertz CT molecular complexity index is 459. The monoisotopic (exact) mass is 301 g/mol. The van der Waals surface area contributed by atoms with Crippen LogP contribution in [0.2, 0.25) is 10.0 Å². The summed E-state index contributed by atoms with van der Waals surface area (Å²) in [6.45, 7) is 1.71. The Labute approximate surface area is 123 Å². The minimum absolute atomic E-state index is 0.108. The lowest BCUT2D eigenvalue weighted by molar-refractivity contribution is -0.127. The molecule has 0 spiro atoms. The SMILES string of the molecule is C[C@H](Oc1cc(Cl)ccc1Cl)C(=O)NC1CCCC1. The van der Waals surface area contributed by atoms with Crippen molar-refractivity contribution < 1.29 is 9.53 Å². The van der Waals surface area contributed by atoms with E-state index in [2.05, 4.69) is 5.32 Å². The van der Waals surface area contributed by atoms with E-state index >= 15 is 0 Å². The number of carbonyl (C=O) groups is 1. The third-order valence-corrected chi connectivity index (χ3v) is 3.82. The molecule has 1 aliphatic carbocycles. The molecule has 1 aromatic carbocycles. The van der Waals surface area contributed by atoms with Crippen molar-refractivity contribution in [3.05, 3.63) is 28.2 Å². The third-order valence-electron chi connectivity index (χ3n) is 3.27. The zero-order chi connectivity index (χ0) is 13.8. The molecule has 0 bridgehead atoms. The fourth-order valence-electron chi connectivity index (χ4n) is 2.20. The smallest absolute Gasteiger partial charge is 0.260 e. The largest absolute Gasteiger partial charge is 0.479 e. The summed E-state index contributed by atoms with van der Waals surface area (Å²) in [5, 5.41) is 3.97. The van der Waals surface area contributed by atoms with E-state index in [0.717, 1.165) is 12.8 Å². The number of benzene rings is 1. The van der Waals surface area contributed by atoms with E-state index in [-0.39, 0.29) is 11.9 Å². The lowest BCUT2D eigenvalue weighted by atomic mass is 10.2. The summed E-state index contributed by atoms with van der Waals surface area (Å²) >= 11 is 11.9. The van der Waals surface area contributed by atoms with Crippen LogP contribution < -0.4 is 10.1 Å². The van der Waals surface area contributed by atoms with Gasteiger partial charge >= 0.3 is 0 Å². The molecular formula is C14H17Cl2NO2. The highest BCUT2D eigenvalue weighted by atomic mass is 35.5. The van der Waals surface area contributed by atoms with E-state index in [4.69, 9.17) is 27.9 Å². The number of halogens is 2. The van der Waals surface area contributed by atoms with Crippen LogP contribution >= 0.6 is 23.2 Å². The molecule has 1 saturated carbocycles. The number of hydrogen-bond donors (Lipinski definition) is 1. The molecule has 1 fully saturated rings. The molecule has 0 heterocycles. The van der Waals surface area contributed by atoms with Crippen LogP contribution in [-0.2, 0) is 4.79 Å². The minimum atomic E-state index is -0.587. The predicted molar refractivity (Wildman–Crippen MR) is 77.0 cm³/mol. The molecule has 1 atom stereocenters. The van der Waals surface area contributed by atoms with Gasteiger partial charge in [-0.1, -0.05) is 36.0 Å². The van der Waals surface area contributed by atoms with Crippen LogP contribution in [-0.4, -0.2) is 18.1 Å². The molecule has 2 rings (SSSR count). The van der Waals surface area contributed by atoms with Crippen molar-refractivity contribution in [2.75, 3.05) is 0 Å². The van der Waals surface area contributed by atoms with Crippen molar-refractivity contribution in [2.24, 2.45) is 0 Å². The van der Waals surface area contributed by atoms with Gasteiger partial charge in [0.25, 0.3) is 5.91 Å². The van der Waals surface area contributed by atoms with Crippen molar-refractivity contribution in [1.29, 1.82) is 0 Å². The highest BCUT2D eigenvalue weighted by Gasteiger charge is 2.22. The Balaban J connectivity index is 1.93. The molecule has 0 unspecified atom stereocenters. The molecule has 1 N–H and O–H groups in total. The highest BCUT2D eigenvalue weighted by molar-refractivity contribution is 6.34. The van der Waals surface area contributed by atoms with Crippen LogP contribution in [0.1, 0.15) is 32.6 Å². The quantitative estimate of drug-likeness (QED) is 0.918. The van der Waals surface area contributed by atoms with E-state index in [1.165, 1.54) is 12.8 Å². The van der Waals surface area contributed by atoms with E-state index < -0.39 is 6.10 Å². The topological polar surface area (TPSA) is 38.3 Å². The van der Waals surface area contributed by atoms with Crippen molar-refractivity contribution in [3.8, 4) is 5.75 Å². The Morgan fingerprint density at radius 2 is 2.05 bits per heavy atom. The van der Waals surface area contributed by atoms with E-state index in [1.54, 1.807) is 25.1 Å². The van der Waals surface area contributed by atoms with Crippen molar-refractivity contribution >= 4 is 29.1 Å². The molecule has 0 aliphatic heterocycles. The van der Waals surface area contributed by atoms with Gasteiger partial charge in [0.2, 0.25) is 0 Å². The zero-order valence-electron chi connectivity index (χ0n) is 10.8. The molecule has 0 radical (unpaired) electrons. The number of hydrogen-bond acceptors (Lipinski definition) is 2. The number of ether oxygens (including phenoxy) is 1. The summed E-state index contributed by atoms with van der Waals surface area (Å²) in [6.07, 6.45) is 3.88. The molecule has 1 aromatic rings. The average molecular weight is 302 g/mol. The Kier molecular flexibility index (Phi) is 4.94. The van der Waals surface area contributed by atoms with Gasteiger partial charge in [-0.2, -0.15) is 0 Å². The number of carbonyl (C=O) groups excluding carboxylic acids is 1. The summed E-state index contributed by atoms with van der Waals surface area (Å²) in [5.41, 5.74) is 0. The second-order valence-corrected chi connectivity index (χ2v) is 5.67. The number of amides is 1. The summed E-state index contributed by atoms with van der Waals surface area (Å²) in [5.74, 6) is 0.325. The second kappa shape index (κ2) is 6.49. The van der Waals surface area contributed by atoms with Crippen molar-refractivity contribution in [3.63, 3.8) is 0 Å². The lowest BCUT2D eigenvalue weighted by Crippen LogP contribution is -2.41. The molecule has 19 heavy (non-hydrogen) atoms. The maximum Gasteiger partial charge on any atom is 0.260 e. The van der Waals surface area contributed by atoms with Gasteiger partial charge in [0, 0.05) is 17.1 Å². The Morgan fingerprint density at radius 1 is 1.37 bits per heavy atom. The molecule has 0 aromatic heterocycles. The van der Waals surface area contributed by atoms with Crippen LogP contribution in [0.25, 0.3) is 0 Å². The van der Waals surface area contributed by atoms with Gasteiger partial charge in [-0.3, -0.25) is 4.79 Å². The standard InChI is InChI=1S/C14H17Cl2NO2/c1-9(14(18)17-11-4-2-3-5-11)19-13-8-10(15)6-7-12(13)16/h6-9,11H,2-5H2,1H3,(H,17,18)/t9-/m0/s1. The van der Waals surface area contributed by atoms with E-state index in [1.807, 2.05) is 0 Å². The van der Waals surface area contributed by atoms with Gasteiger partial charge in [0.05, 0.1) is 5.02 Å². The van der Waals surface area contributed by atoms with Crippen LogP contribution in [0.3, 0.4) is 0 Å². The Morgan fingerprint density at radius 3 is 2.74 bits per heavy atom. The first-order valence-electron chi connectivity index (χ1n) is 6.48. The van der Waals surface area contributed by atoms with Gasteiger partial charge in [-0.25, -0.2) is 0 Å². The number of nitrogens with one attached hydrogen (secondary N) is 1. The van der Waals surface area contributed by atoms with E-state index in [0.29, 0.717) is 15.8 Å². The lowest BCUT2D eigenvalue weighted by Gasteiger charge is -2.18. The summed E-state index contributed by atoms with van der Waals surface area (Å²) in [6, 6.07) is 5.23. The maximum absolute atomic E-state index is 12.0. The van der Waals surface area contributed by atoms with Gasteiger partial charge in [0.15, 0.2) is 6.10 Å². The first-order chi connectivity index (χ1) is 9.06. The average Bonchev–Trinajstić information content (AvgIpc) is 2.86. The van der Waals surface area contributed by atoms with Crippen LogP contribution in [0.15, 0.2) is 18.2 Å². The molecule has 104 valence electrons. The highest BCUT2D eigenvalue weighted by Crippen LogP contribution is 2.28. The zero-order valence-corrected chi connectivity index (χ0v) is 12.3. The maximum atomic E-state index is 12.0. The van der Waals surface area contributed by atoms with Crippen LogP contribution in [0.4, 0.5) is 0 Å². The molecule has 1 aliphatic rings. The minimum Gasteiger partial charge on any atom is -0.479 e. The first-order valence-corrected chi connectivity index (χ1v) is 7.24. The van der Waals surface area contributed by atoms with Crippen LogP contribution in [0.5, 0.6) is 5.75 Å². The van der Waals surface area contributed by atoms with Gasteiger partial charge in [0.1, 0.15) is 5.75 Å². The van der Waals surface area contributed by atoms with Crippen LogP contribution in [0, 0.1) is 0 Å². The fraction of sp³-hybridized carbons (Fsp3) is 0.500. The van der Waals surface area contributed by atoms with E-state index in [9.17, 15) is 4.79 Å². The molecule has 1 amide bonds. The summed E-state index contributed by atoms with van der Waals surface area (Å²) in [7, 11) is 0. The Hall–Kier alpha value is -0.930. The predicted octanol–water partition coefficient (Wildman–Crippen LogP) is 3.82. The molecule has 0 saturated heterocycles. The van der Waals surface area contributed by atoms with Gasteiger partial charge in [-0.15, -0.1) is 0 Å². The summed E-state index contributed by atoms with van der Waals surface area (Å²) < 4.78 is 5.57. The van der Waals surface area contributed by atoms with Gasteiger partial charge in [-0.05, 0) is 31.9 Å². The first kappa shape index (κ1) is 14.5. The van der Waals surface area contributed by atoms with Crippen molar-refractivity contribution in [1.82, 2.24) is 5.32 Å². The normalized spacial score (nSPS) is 17.2. The molecule has 5 heteroatoms. The summed E-state index contributed by atoms with van der Waals surface area (Å²) in [4.78, 5) is 12.0. The van der Waals surface area contributed by atoms with Crippen molar-refractivity contribution in [2.45, 2.75) is 44.8 Å². The molecular weight excluding hydrogens is 285 g/mol. The number of rotatable bonds is 4. The molecule has 3 nitrogen and oxygen atoms in total. The second-order valence-electron chi connectivity index (χ2n) is 4.82. The third kappa shape index (κ3) is 4.02. The fourth-order valence-corrected chi connectivity index (χ4v) is 2.52. The van der Waals surface area contributed by atoms with Gasteiger partial charge < -0.3 is 10.1 Å².